The predicted molar refractivity (Wildman–Crippen MR) is 214 cm³/mol. The van der Waals surface area contributed by atoms with Gasteiger partial charge in [0, 0.05) is 93.3 Å². The number of aliphatic hydroxyl groups excluding tert-OH is 1. The van der Waals surface area contributed by atoms with E-state index in [2.05, 4.69) is 26.1 Å². The van der Waals surface area contributed by atoms with Gasteiger partial charge in [-0.25, -0.2) is 8.78 Å². The van der Waals surface area contributed by atoms with Gasteiger partial charge in [0.15, 0.2) is 0 Å². The van der Waals surface area contributed by atoms with Crippen LogP contribution in [0.15, 0.2) is 42.5 Å². The maximum absolute atomic E-state index is 16.3. The average Bonchev–Trinajstić information content (AvgIpc) is 3.88. The molecule has 0 unspecified atom stereocenters. The lowest BCUT2D eigenvalue weighted by molar-refractivity contribution is -0.140. The largest absolute Gasteiger partial charge is 0.506 e. The molecular weight excluding hydrogens is 763 g/mol. The highest BCUT2D eigenvalue weighted by Gasteiger charge is 2.63. The number of phenolic OH excluding ortho intramolecular Hbond substituents is 1. The van der Waals surface area contributed by atoms with Crippen LogP contribution in [0.1, 0.15) is 84.5 Å². The van der Waals surface area contributed by atoms with Crippen molar-refractivity contribution in [3.05, 3.63) is 76.4 Å². The van der Waals surface area contributed by atoms with E-state index >= 15 is 4.39 Å². The molecule has 4 amide bonds. The molecule has 5 aliphatic heterocycles. The summed E-state index contributed by atoms with van der Waals surface area (Å²) in [7, 11) is 1.52. The number of carbonyl (C=O) groups is 4. The molecule has 1 aliphatic carbocycles. The average molecular weight is 813 g/mol. The first-order valence-electron chi connectivity index (χ1n) is 20.8. The summed E-state index contributed by atoms with van der Waals surface area (Å²) < 4.78 is 37.0. The Bertz CT molecular complexity index is 2200. The molecule has 1 saturated carbocycles. The molecule has 312 valence electrons. The van der Waals surface area contributed by atoms with Gasteiger partial charge in [0.05, 0.1) is 36.5 Å². The zero-order valence-electron chi connectivity index (χ0n) is 33.2. The van der Waals surface area contributed by atoms with Crippen LogP contribution in [0.25, 0.3) is 0 Å². The quantitative estimate of drug-likeness (QED) is 0.207. The summed E-state index contributed by atoms with van der Waals surface area (Å²) in [5.74, 6) is -1.73. The standard InChI is InChI=1S/C44H50F2N6O7/c1-59-38-22-35(33(46)20-31(38)40-44(10-2-3-11-44)43(58)52(40)36-21-32(45)28(25-53)19-37(36)54)50-12-8-26(9-13-50)23-48-14-16-49(17-15-48)29-4-5-30-27(18-29)24-51(42(30)57)34-6-7-39(55)47-41(34)56/h4-5,18-22,26,34,40,53-54H,2-3,6-17,23-25H2,1H3,(H,47,55,56)/t34-,40-/m0/s1. The fourth-order valence-electron chi connectivity index (χ4n) is 10.6. The fraction of sp³-hybridized carbons (Fsp3) is 0.500. The van der Waals surface area contributed by atoms with Crippen LogP contribution >= 0.6 is 0 Å². The van der Waals surface area contributed by atoms with Crippen molar-refractivity contribution >= 4 is 40.7 Å². The predicted octanol–water partition coefficient (Wildman–Crippen LogP) is 4.62. The van der Waals surface area contributed by atoms with Crippen LogP contribution in [0.4, 0.5) is 25.8 Å². The lowest BCUT2D eigenvalue weighted by Gasteiger charge is -2.55. The van der Waals surface area contributed by atoms with Crippen LogP contribution in [0.2, 0.25) is 0 Å². The van der Waals surface area contributed by atoms with E-state index in [4.69, 9.17) is 4.74 Å². The number of hydrogen-bond acceptors (Lipinski definition) is 10. The summed E-state index contributed by atoms with van der Waals surface area (Å²) in [6.07, 6.45) is 5.22. The molecule has 15 heteroatoms. The topological polar surface area (TPSA) is 146 Å². The van der Waals surface area contributed by atoms with Crippen molar-refractivity contribution in [1.82, 2.24) is 15.1 Å². The van der Waals surface area contributed by atoms with Gasteiger partial charge in [0.25, 0.3) is 5.91 Å². The fourth-order valence-corrected chi connectivity index (χ4v) is 10.6. The van der Waals surface area contributed by atoms with Crippen LogP contribution in [0.3, 0.4) is 0 Å². The number of fused-ring (bicyclic) bond motifs is 1. The molecule has 59 heavy (non-hydrogen) atoms. The number of β-lactam (4-membered cyclic amide) rings is 1. The summed E-state index contributed by atoms with van der Waals surface area (Å²) in [6.45, 7) is 5.52. The number of aromatic hydroxyl groups is 1. The normalized spacial score (nSPS) is 23.6. The molecule has 3 aromatic carbocycles. The molecule has 6 aliphatic rings. The molecule has 1 spiro atoms. The summed E-state index contributed by atoms with van der Waals surface area (Å²) in [5, 5.41) is 22.7. The second-order valence-electron chi connectivity index (χ2n) is 17.0. The number of phenols is 1. The number of carbonyl (C=O) groups excluding carboxylic acids is 4. The van der Waals surface area contributed by atoms with Crippen molar-refractivity contribution in [3.8, 4) is 11.5 Å². The second kappa shape index (κ2) is 15.4. The van der Waals surface area contributed by atoms with Gasteiger partial charge in [-0.2, -0.15) is 0 Å². The van der Waals surface area contributed by atoms with Crippen molar-refractivity contribution in [2.24, 2.45) is 11.3 Å². The molecule has 0 radical (unpaired) electrons. The number of piperazine rings is 1. The minimum atomic E-state index is -0.799. The van der Waals surface area contributed by atoms with Gasteiger partial charge in [-0.3, -0.25) is 34.3 Å². The van der Waals surface area contributed by atoms with Crippen LogP contribution in [0, 0.1) is 23.0 Å². The van der Waals surface area contributed by atoms with E-state index in [1.807, 2.05) is 12.1 Å². The number of methoxy groups -OCH3 is 1. The highest BCUT2D eigenvalue weighted by molar-refractivity contribution is 6.08. The number of nitrogens with zero attached hydrogens (tertiary/aromatic N) is 5. The number of benzene rings is 3. The number of hydrogen-bond donors (Lipinski definition) is 3. The summed E-state index contributed by atoms with van der Waals surface area (Å²) in [4.78, 5) is 60.9. The number of halogens is 2. The lowest BCUT2D eigenvalue weighted by atomic mass is 9.66. The second-order valence-corrected chi connectivity index (χ2v) is 17.0. The molecule has 5 heterocycles. The Morgan fingerprint density at radius 2 is 1.61 bits per heavy atom. The Morgan fingerprint density at radius 3 is 2.31 bits per heavy atom. The third-order valence-electron chi connectivity index (χ3n) is 13.8. The maximum Gasteiger partial charge on any atom is 0.255 e. The number of piperidine rings is 2. The van der Waals surface area contributed by atoms with Crippen molar-refractivity contribution in [1.29, 1.82) is 0 Å². The molecular formula is C44H50F2N6O7. The first-order valence-corrected chi connectivity index (χ1v) is 20.8. The Kier molecular flexibility index (Phi) is 10.2. The molecule has 0 bridgehead atoms. The Hall–Kier alpha value is -5.28. The number of rotatable bonds is 9. The number of aliphatic hydroxyl groups is 1. The first-order chi connectivity index (χ1) is 28.5. The van der Waals surface area contributed by atoms with Gasteiger partial charge in [-0.1, -0.05) is 12.8 Å². The molecule has 5 fully saturated rings. The monoisotopic (exact) mass is 812 g/mol. The lowest BCUT2D eigenvalue weighted by Crippen LogP contribution is -2.62. The minimum absolute atomic E-state index is 0.0109. The zero-order chi connectivity index (χ0) is 41.2. The van der Waals surface area contributed by atoms with E-state index in [1.165, 1.54) is 18.1 Å². The van der Waals surface area contributed by atoms with Crippen molar-refractivity contribution in [2.45, 2.75) is 76.6 Å². The number of anilines is 3. The molecule has 4 saturated heterocycles. The zero-order valence-corrected chi connectivity index (χ0v) is 33.2. The van der Waals surface area contributed by atoms with Crippen LogP contribution < -0.4 is 24.8 Å². The molecule has 3 aromatic rings. The number of ether oxygens (including phenoxy) is 1. The molecule has 13 nitrogen and oxygen atoms in total. The molecule has 9 rings (SSSR count). The van der Waals surface area contributed by atoms with Gasteiger partial charge in [-0.15, -0.1) is 0 Å². The number of nitrogens with one attached hydrogen (secondary N) is 1. The Balaban J connectivity index is 0.822. The molecule has 2 atom stereocenters. The Labute approximate surface area is 341 Å². The van der Waals surface area contributed by atoms with Gasteiger partial charge in [-0.05, 0) is 73.9 Å². The van der Waals surface area contributed by atoms with Crippen LogP contribution in [-0.4, -0.2) is 103 Å². The van der Waals surface area contributed by atoms with E-state index in [1.54, 1.807) is 11.0 Å². The summed E-state index contributed by atoms with van der Waals surface area (Å²) in [5.41, 5.74) is 2.59. The SMILES string of the molecule is COc1cc(N2CCC(CN3CCN(c4ccc5c(c4)CN([C@H]4CCC(=O)NC4=O)C5=O)CC3)CC2)c(F)cc1[C@@H]1N(c2cc(F)c(CO)cc2O)C(=O)C12CCCC2. The van der Waals surface area contributed by atoms with Crippen molar-refractivity contribution in [2.75, 3.05) is 67.6 Å². The third kappa shape index (κ3) is 6.75. The van der Waals surface area contributed by atoms with E-state index in [-0.39, 0.29) is 41.1 Å². The van der Waals surface area contributed by atoms with Gasteiger partial charge >= 0.3 is 0 Å². The van der Waals surface area contributed by atoms with Gasteiger partial charge < -0.3 is 29.6 Å². The number of amides is 4. The highest BCUT2D eigenvalue weighted by Crippen LogP contribution is 2.62. The van der Waals surface area contributed by atoms with Crippen molar-refractivity contribution < 1.29 is 42.9 Å². The van der Waals surface area contributed by atoms with E-state index in [0.29, 0.717) is 67.4 Å². The number of imide groups is 1. The van der Waals surface area contributed by atoms with Crippen molar-refractivity contribution in [3.63, 3.8) is 0 Å². The molecule has 3 N–H and O–H groups in total. The minimum Gasteiger partial charge on any atom is -0.506 e. The van der Waals surface area contributed by atoms with E-state index in [9.17, 15) is 33.8 Å². The summed E-state index contributed by atoms with van der Waals surface area (Å²) >= 11 is 0. The van der Waals surface area contributed by atoms with Gasteiger partial charge in [0.2, 0.25) is 17.7 Å². The molecule has 0 aromatic heterocycles. The Morgan fingerprint density at radius 1 is 0.864 bits per heavy atom. The van der Waals surface area contributed by atoms with E-state index in [0.717, 1.165) is 81.8 Å². The maximum atomic E-state index is 16.3. The van der Waals surface area contributed by atoms with Crippen LogP contribution in [0.5, 0.6) is 11.5 Å². The third-order valence-corrected chi connectivity index (χ3v) is 13.8. The van der Waals surface area contributed by atoms with Crippen LogP contribution in [-0.2, 0) is 27.5 Å². The van der Waals surface area contributed by atoms with E-state index < -0.39 is 41.6 Å². The highest BCUT2D eigenvalue weighted by atomic mass is 19.1. The summed E-state index contributed by atoms with van der Waals surface area (Å²) in [6, 6.07) is 9.96. The van der Waals surface area contributed by atoms with Gasteiger partial charge in [0.1, 0.15) is 29.2 Å². The first kappa shape index (κ1) is 39.2. The smallest absolute Gasteiger partial charge is 0.255 e.